The van der Waals surface area contributed by atoms with Crippen molar-refractivity contribution < 1.29 is 4.79 Å². The second kappa shape index (κ2) is 3.17. The summed E-state index contributed by atoms with van der Waals surface area (Å²) in [4.78, 5) is 12.0. The molecule has 1 fully saturated rings. The van der Waals surface area contributed by atoms with Crippen molar-refractivity contribution in [3.05, 3.63) is 33.8 Å². The van der Waals surface area contributed by atoms with Gasteiger partial charge in [-0.25, -0.2) is 0 Å². The SMILES string of the molecule is Cc1ccc(Br)cc1C(=O)C1(N)CC1. The first kappa shape index (κ1) is 9.87. The summed E-state index contributed by atoms with van der Waals surface area (Å²) in [6.07, 6.45) is 1.63. The van der Waals surface area contributed by atoms with Crippen LogP contribution in [-0.2, 0) is 0 Å². The van der Waals surface area contributed by atoms with Crippen LogP contribution in [0.1, 0.15) is 28.8 Å². The van der Waals surface area contributed by atoms with Crippen LogP contribution in [0.15, 0.2) is 22.7 Å². The fourth-order valence-corrected chi connectivity index (χ4v) is 1.83. The number of nitrogens with two attached hydrogens (primary N) is 1. The molecule has 2 rings (SSSR count). The maximum Gasteiger partial charge on any atom is 0.182 e. The highest BCUT2D eigenvalue weighted by molar-refractivity contribution is 9.10. The largest absolute Gasteiger partial charge is 0.319 e. The van der Waals surface area contributed by atoms with Crippen molar-refractivity contribution in [2.45, 2.75) is 25.3 Å². The van der Waals surface area contributed by atoms with Crippen LogP contribution in [0.2, 0.25) is 0 Å². The molecule has 3 heteroatoms. The quantitative estimate of drug-likeness (QED) is 0.823. The third kappa shape index (κ3) is 1.62. The normalized spacial score (nSPS) is 17.9. The minimum atomic E-state index is -0.564. The van der Waals surface area contributed by atoms with Gasteiger partial charge in [0.15, 0.2) is 5.78 Å². The van der Waals surface area contributed by atoms with Crippen LogP contribution in [-0.4, -0.2) is 11.3 Å². The minimum Gasteiger partial charge on any atom is -0.319 e. The predicted molar refractivity (Wildman–Crippen MR) is 59.4 cm³/mol. The third-order valence-corrected chi connectivity index (χ3v) is 3.18. The van der Waals surface area contributed by atoms with Gasteiger partial charge in [-0.1, -0.05) is 22.0 Å². The smallest absolute Gasteiger partial charge is 0.182 e. The lowest BCUT2D eigenvalue weighted by atomic mass is 9.99. The third-order valence-electron chi connectivity index (χ3n) is 2.69. The molecule has 2 N–H and O–H groups in total. The molecule has 0 heterocycles. The number of halogens is 1. The Hall–Kier alpha value is -0.670. The van der Waals surface area contributed by atoms with Crippen LogP contribution in [0.4, 0.5) is 0 Å². The summed E-state index contributed by atoms with van der Waals surface area (Å²) in [7, 11) is 0. The molecule has 1 saturated carbocycles. The van der Waals surface area contributed by atoms with E-state index in [0.717, 1.165) is 28.4 Å². The first-order chi connectivity index (χ1) is 6.53. The van der Waals surface area contributed by atoms with E-state index >= 15 is 0 Å². The average Bonchev–Trinajstić information content (AvgIpc) is 2.88. The Kier molecular flexibility index (Phi) is 2.24. The number of rotatable bonds is 2. The molecule has 14 heavy (non-hydrogen) atoms. The monoisotopic (exact) mass is 253 g/mol. The van der Waals surface area contributed by atoms with Gasteiger partial charge in [-0.3, -0.25) is 4.79 Å². The van der Waals surface area contributed by atoms with Gasteiger partial charge in [0, 0.05) is 10.0 Å². The van der Waals surface area contributed by atoms with E-state index in [2.05, 4.69) is 15.9 Å². The molecular weight excluding hydrogens is 242 g/mol. The molecule has 74 valence electrons. The number of hydrogen-bond acceptors (Lipinski definition) is 2. The lowest BCUT2D eigenvalue weighted by Gasteiger charge is -2.10. The molecule has 0 atom stereocenters. The molecule has 0 aromatic heterocycles. The van der Waals surface area contributed by atoms with Gasteiger partial charge >= 0.3 is 0 Å². The van der Waals surface area contributed by atoms with E-state index in [9.17, 15) is 4.79 Å². The standard InChI is InChI=1S/C11H12BrNO/c1-7-2-3-8(12)6-9(7)10(14)11(13)4-5-11/h2-3,6H,4-5,13H2,1H3. The summed E-state index contributed by atoms with van der Waals surface area (Å²) in [6, 6.07) is 5.72. The maximum atomic E-state index is 12.0. The highest BCUT2D eigenvalue weighted by Crippen LogP contribution is 2.36. The van der Waals surface area contributed by atoms with Gasteiger partial charge in [-0.15, -0.1) is 0 Å². The van der Waals surface area contributed by atoms with Crippen molar-refractivity contribution in [2.75, 3.05) is 0 Å². The van der Waals surface area contributed by atoms with Gasteiger partial charge in [0.2, 0.25) is 0 Å². The van der Waals surface area contributed by atoms with E-state index in [0.29, 0.717) is 0 Å². The second-order valence-electron chi connectivity index (χ2n) is 3.94. The topological polar surface area (TPSA) is 43.1 Å². The summed E-state index contributed by atoms with van der Waals surface area (Å²) in [5.41, 5.74) is 7.06. The van der Waals surface area contributed by atoms with Crippen LogP contribution < -0.4 is 5.73 Å². The molecule has 1 aliphatic rings. The zero-order chi connectivity index (χ0) is 10.3. The van der Waals surface area contributed by atoms with Gasteiger partial charge in [0.25, 0.3) is 0 Å². The predicted octanol–water partition coefficient (Wildman–Crippen LogP) is 2.43. The Balaban J connectivity index is 2.40. The van der Waals surface area contributed by atoms with Crippen molar-refractivity contribution in [2.24, 2.45) is 5.73 Å². The van der Waals surface area contributed by atoms with Gasteiger partial charge < -0.3 is 5.73 Å². The molecule has 0 spiro atoms. The van der Waals surface area contributed by atoms with Gasteiger partial charge in [0.1, 0.15) is 0 Å². The summed E-state index contributed by atoms with van der Waals surface area (Å²) in [5.74, 6) is 0.0799. The summed E-state index contributed by atoms with van der Waals surface area (Å²) in [6.45, 7) is 1.94. The number of carbonyl (C=O) groups excluding carboxylic acids is 1. The van der Waals surface area contributed by atoms with E-state index < -0.39 is 5.54 Å². The molecule has 1 aliphatic carbocycles. The first-order valence-electron chi connectivity index (χ1n) is 4.63. The minimum absolute atomic E-state index is 0.0799. The highest BCUT2D eigenvalue weighted by atomic mass is 79.9. The molecule has 0 bridgehead atoms. The lowest BCUT2D eigenvalue weighted by Crippen LogP contribution is -2.33. The summed E-state index contributed by atoms with van der Waals surface area (Å²) in [5, 5.41) is 0. The van der Waals surface area contributed by atoms with E-state index in [1.165, 1.54) is 0 Å². The number of ketones is 1. The maximum absolute atomic E-state index is 12.0. The van der Waals surface area contributed by atoms with Crippen LogP contribution in [0.5, 0.6) is 0 Å². The van der Waals surface area contributed by atoms with Gasteiger partial charge in [-0.2, -0.15) is 0 Å². The average molecular weight is 254 g/mol. The number of benzene rings is 1. The Morgan fingerprint density at radius 1 is 1.50 bits per heavy atom. The fourth-order valence-electron chi connectivity index (χ4n) is 1.47. The number of hydrogen-bond donors (Lipinski definition) is 1. The summed E-state index contributed by atoms with van der Waals surface area (Å²) >= 11 is 3.36. The molecular formula is C11H12BrNO. The van der Waals surface area contributed by atoms with Crippen molar-refractivity contribution in [3.63, 3.8) is 0 Å². The van der Waals surface area contributed by atoms with Gasteiger partial charge in [0.05, 0.1) is 5.54 Å². The van der Waals surface area contributed by atoms with Crippen molar-refractivity contribution in [3.8, 4) is 0 Å². The van der Waals surface area contributed by atoms with Crippen molar-refractivity contribution in [1.29, 1.82) is 0 Å². The molecule has 0 saturated heterocycles. The van der Waals surface area contributed by atoms with Crippen LogP contribution >= 0.6 is 15.9 Å². The number of aryl methyl sites for hydroxylation is 1. The Morgan fingerprint density at radius 2 is 2.14 bits per heavy atom. The fraction of sp³-hybridized carbons (Fsp3) is 0.364. The van der Waals surface area contributed by atoms with E-state index in [4.69, 9.17) is 5.73 Å². The molecule has 0 unspecified atom stereocenters. The summed E-state index contributed by atoms with van der Waals surface area (Å²) < 4.78 is 0.927. The zero-order valence-corrected chi connectivity index (χ0v) is 9.60. The number of Topliss-reactive ketones (excluding diaryl/α,β-unsaturated/α-hetero) is 1. The van der Waals surface area contributed by atoms with Crippen molar-refractivity contribution >= 4 is 21.7 Å². The molecule has 1 aromatic carbocycles. The van der Waals surface area contributed by atoms with E-state index in [1.807, 2.05) is 25.1 Å². The van der Waals surface area contributed by atoms with Crippen molar-refractivity contribution in [1.82, 2.24) is 0 Å². The Morgan fingerprint density at radius 3 is 2.71 bits per heavy atom. The second-order valence-corrected chi connectivity index (χ2v) is 4.86. The zero-order valence-electron chi connectivity index (χ0n) is 8.01. The molecule has 2 nitrogen and oxygen atoms in total. The lowest BCUT2D eigenvalue weighted by molar-refractivity contribution is 0.0948. The Labute approximate surface area is 91.6 Å². The first-order valence-corrected chi connectivity index (χ1v) is 5.42. The molecule has 0 radical (unpaired) electrons. The van der Waals surface area contributed by atoms with E-state index in [1.54, 1.807) is 0 Å². The molecule has 0 amide bonds. The van der Waals surface area contributed by atoms with Crippen LogP contribution in [0.25, 0.3) is 0 Å². The number of carbonyl (C=O) groups is 1. The Bertz CT molecular complexity index is 396. The highest BCUT2D eigenvalue weighted by Gasteiger charge is 2.46. The molecule has 0 aliphatic heterocycles. The van der Waals surface area contributed by atoms with Gasteiger partial charge in [-0.05, 0) is 37.5 Å². The van der Waals surface area contributed by atoms with E-state index in [-0.39, 0.29) is 5.78 Å². The van der Waals surface area contributed by atoms with Crippen LogP contribution in [0, 0.1) is 6.92 Å². The molecule has 1 aromatic rings. The van der Waals surface area contributed by atoms with Crippen LogP contribution in [0.3, 0.4) is 0 Å².